The minimum absolute atomic E-state index is 0.872. The van der Waals surface area contributed by atoms with Gasteiger partial charge in [-0.25, -0.2) is 9.97 Å². The van der Waals surface area contributed by atoms with Gasteiger partial charge < -0.3 is 8.83 Å². The fraction of sp³-hybridized carbons (Fsp3) is 0. The number of fused-ring (bicyclic) bond motifs is 22. The number of nitrogens with zero attached hydrogens (tertiary/aromatic N) is 4. The van der Waals surface area contributed by atoms with Crippen LogP contribution in [0, 0.1) is 0 Å². The van der Waals surface area contributed by atoms with E-state index < -0.39 is 0 Å². The number of pyridine rings is 2. The Morgan fingerprint density at radius 1 is 0.304 bits per heavy atom. The monoisotopic (exact) mass is 714 g/mol. The highest BCUT2D eigenvalue weighted by Gasteiger charge is 2.20. The molecule has 0 amide bonds. The molecule has 0 saturated heterocycles. The van der Waals surface area contributed by atoms with Crippen molar-refractivity contribution in [2.45, 2.75) is 0 Å². The van der Waals surface area contributed by atoms with Crippen molar-refractivity contribution in [3.63, 3.8) is 0 Å². The summed E-state index contributed by atoms with van der Waals surface area (Å²) in [5.74, 6) is 0. The molecule has 6 heterocycles. The van der Waals surface area contributed by atoms with Crippen LogP contribution >= 0.6 is 0 Å². The lowest BCUT2D eigenvalue weighted by atomic mass is 9.98. The van der Waals surface area contributed by atoms with Gasteiger partial charge in [0, 0.05) is 49.2 Å². The van der Waals surface area contributed by atoms with E-state index in [-0.39, 0.29) is 0 Å². The third-order valence-electron chi connectivity index (χ3n) is 12.0. The van der Waals surface area contributed by atoms with Crippen molar-refractivity contribution < 1.29 is 8.83 Å². The van der Waals surface area contributed by atoms with Gasteiger partial charge in [-0.15, -0.1) is 0 Å². The Bertz CT molecular complexity index is 4070. The van der Waals surface area contributed by atoms with Crippen molar-refractivity contribution in [3.8, 4) is 11.1 Å². The van der Waals surface area contributed by atoms with E-state index in [1.165, 1.54) is 10.8 Å². The van der Waals surface area contributed by atoms with E-state index in [1.54, 1.807) is 0 Å². The largest absolute Gasteiger partial charge is 0.456 e. The molecular formula is C50H26N4O2. The molecule has 6 nitrogen and oxygen atoms in total. The quantitative estimate of drug-likeness (QED) is 0.159. The number of hydrogen-bond acceptors (Lipinski definition) is 4. The van der Waals surface area contributed by atoms with Crippen LogP contribution in [0.5, 0.6) is 0 Å². The number of imidazole rings is 2. The summed E-state index contributed by atoms with van der Waals surface area (Å²) in [5.41, 5.74) is 13.8. The molecule has 56 heavy (non-hydrogen) atoms. The van der Waals surface area contributed by atoms with Crippen LogP contribution in [0.15, 0.2) is 167 Å². The summed E-state index contributed by atoms with van der Waals surface area (Å²) in [6.07, 6.45) is 0. The second-order valence-corrected chi connectivity index (χ2v) is 15.0. The molecule has 0 radical (unpaired) electrons. The van der Waals surface area contributed by atoms with Gasteiger partial charge in [-0.05, 0) is 88.6 Å². The first-order valence-electron chi connectivity index (χ1n) is 18.9. The molecule has 0 fully saturated rings. The zero-order chi connectivity index (χ0) is 36.2. The van der Waals surface area contributed by atoms with Crippen LogP contribution < -0.4 is 0 Å². The molecule has 0 saturated carbocycles. The molecule has 0 atom stereocenters. The first-order valence-corrected chi connectivity index (χ1v) is 18.9. The summed E-state index contributed by atoms with van der Waals surface area (Å²) in [5, 5.41) is 11.3. The molecule has 0 aliphatic rings. The van der Waals surface area contributed by atoms with Crippen molar-refractivity contribution in [1.82, 2.24) is 18.8 Å². The van der Waals surface area contributed by atoms with Crippen molar-refractivity contribution in [2.24, 2.45) is 0 Å². The van der Waals surface area contributed by atoms with E-state index in [9.17, 15) is 0 Å². The number of benzene rings is 8. The lowest BCUT2D eigenvalue weighted by molar-refractivity contribution is 0.669. The zero-order valence-electron chi connectivity index (χ0n) is 29.6. The first kappa shape index (κ1) is 28.8. The number of aromatic nitrogens is 4. The molecule has 6 aromatic heterocycles. The van der Waals surface area contributed by atoms with Gasteiger partial charge in [-0.2, -0.15) is 0 Å². The molecule has 0 unspecified atom stereocenters. The maximum atomic E-state index is 6.44. The van der Waals surface area contributed by atoms with Gasteiger partial charge in [0.2, 0.25) is 0 Å². The van der Waals surface area contributed by atoms with Crippen molar-refractivity contribution in [3.05, 3.63) is 158 Å². The number of hydrogen-bond donors (Lipinski definition) is 0. The fourth-order valence-electron chi connectivity index (χ4n) is 9.51. The molecule has 0 spiro atoms. The summed E-state index contributed by atoms with van der Waals surface area (Å²) in [7, 11) is 0. The minimum atomic E-state index is 0.872. The maximum absolute atomic E-state index is 6.44. The molecule has 14 aromatic rings. The van der Waals surface area contributed by atoms with Crippen LogP contribution in [0.4, 0.5) is 0 Å². The summed E-state index contributed by atoms with van der Waals surface area (Å²) in [6, 6.07) is 55.9. The molecular weight excluding hydrogens is 689 g/mol. The van der Waals surface area contributed by atoms with E-state index in [1.807, 2.05) is 24.3 Å². The van der Waals surface area contributed by atoms with Gasteiger partial charge in [0.1, 0.15) is 33.6 Å². The maximum Gasteiger partial charge on any atom is 0.146 e. The van der Waals surface area contributed by atoms with Gasteiger partial charge in [0.05, 0.1) is 33.1 Å². The Labute approximate surface area is 316 Å². The van der Waals surface area contributed by atoms with Crippen LogP contribution in [0.2, 0.25) is 0 Å². The molecule has 0 N–H and O–H groups in total. The molecule has 0 aliphatic carbocycles. The zero-order valence-corrected chi connectivity index (χ0v) is 29.6. The summed E-state index contributed by atoms with van der Waals surface area (Å²) >= 11 is 0. The van der Waals surface area contributed by atoms with Gasteiger partial charge >= 0.3 is 0 Å². The highest BCUT2D eigenvalue weighted by molar-refractivity contribution is 6.21. The first-order chi connectivity index (χ1) is 27.7. The Morgan fingerprint density at radius 3 is 1.66 bits per heavy atom. The summed E-state index contributed by atoms with van der Waals surface area (Å²) < 4.78 is 17.4. The van der Waals surface area contributed by atoms with E-state index in [0.717, 1.165) is 121 Å². The molecule has 6 heteroatoms. The van der Waals surface area contributed by atoms with Crippen molar-refractivity contribution in [2.75, 3.05) is 0 Å². The Balaban J connectivity index is 1.04. The number of rotatable bonds is 1. The normalized spacial score (nSPS) is 12.6. The predicted molar refractivity (Wildman–Crippen MR) is 229 cm³/mol. The van der Waals surface area contributed by atoms with Crippen LogP contribution in [-0.2, 0) is 0 Å². The lowest BCUT2D eigenvalue weighted by Gasteiger charge is -2.11. The second-order valence-electron chi connectivity index (χ2n) is 15.0. The van der Waals surface area contributed by atoms with E-state index >= 15 is 0 Å². The Kier molecular flexibility index (Phi) is 5.18. The van der Waals surface area contributed by atoms with E-state index in [2.05, 4.69) is 142 Å². The molecule has 0 aliphatic heterocycles. The minimum Gasteiger partial charge on any atom is -0.456 e. The topological polar surface area (TPSA) is 60.9 Å². The van der Waals surface area contributed by atoms with Gasteiger partial charge in [0.25, 0.3) is 0 Å². The SMILES string of the molecule is c1ccc2c(c1)nc1c3ccc(-c4ccc5c(c4)nc4c6ccccc6c6cc7c(cc6n54)oc4ccccc47)cc3c3cc4oc5ccccc5c4cc3n21. The Morgan fingerprint density at radius 2 is 0.857 bits per heavy atom. The lowest BCUT2D eigenvalue weighted by Crippen LogP contribution is -1.92. The van der Waals surface area contributed by atoms with Gasteiger partial charge in [0.15, 0.2) is 0 Å². The van der Waals surface area contributed by atoms with E-state index in [4.69, 9.17) is 18.8 Å². The Hall–Kier alpha value is -7.70. The highest BCUT2D eigenvalue weighted by atomic mass is 16.3. The van der Waals surface area contributed by atoms with Crippen LogP contribution in [-0.4, -0.2) is 18.8 Å². The third kappa shape index (κ3) is 3.61. The van der Waals surface area contributed by atoms with E-state index in [0.29, 0.717) is 0 Å². The average molecular weight is 715 g/mol. The summed E-state index contributed by atoms with van der Waals surface area (Å²) in [6.45, 7) is 0. The van der Waals surface area contributed by atoms with Crippen LogP contribution in [0.1, 0.15) is 0 Å². The number of furan rings is 2. The van der Waals surface area contributed by atoms with Gasteiger partial charge in [-0.1, -0.05) is 84.9 Å². The second kappa shape index (κ2) is 10.1. The van der Waals surface area contributed by atoms with Crippen LogP contribution in [0.3, 0.4) is 0 Å². The third-order valence-corrected chi connectivity index (χ3v) is 12.0. The van der Waals surface area contributed by atoms with Crippen molar-refractivity contribution in [1.29, 1.82) is 0 Å². The molecule has 0 bridgehead atoms. The molecule has 8 aromatic carbocycles. The van der Waals surface area contributed by atoms with Gasteiger partial charge in [-0.3, -0.25) is 8.80 Å². The van der Waals surface area contributed by atoms with Crippen molar-refractivity contribution >= 4 is 121 Å². The highest BCUT2D eigenvalue weighted by Crippen LogP contribution is 2.41. The average Bonchev–Trinajstić information content (AvgIpc) is 4.02. The molecule has 14 rings (SSSR count). The van der Waals surface area contributed by atoms with Crippen LogP contribution in [0.25, 0.3) is 132 Å². The summed E-state index contributed by atoms with van der Waals surface area (Å²) in [4.78, 5) is 10.5. The smallest absolute Gasteiger partial charge is 0.146 e. The molecule has 258 valence electrons. The number of para-hydroxylation sites is 4. The standard InChI is InChI=1S/C50H26N4O2/c1-2-12-32-29(9-1)35-23-37-30-10-3-7-15-45(30)56-48(37)26-44(35)54-42-20-18-28(22-40(42)52-49(32)54)27-17-19-33-34(21-27)36-25-47-38(31-11-4-8-16-46(31)55-47)24-43(36)53-41-14-6-5-13-39(41)51-50(33)53/h1-26H. The fourth-order valence-corrected chi connectivity index (χ4v) is 9.51. The predicted octanol–water partition coefficient (Wildman–Crippen LogP) is 13.4.